The molecule has 0 saturated carbocycles. The van der Waals surface area contributed by atoms with E-state index < -0.39 is 5.82 Å². The minimum atomic E-state index is -0.453. The van der Waals surface area contributed by atoms with Crippen LogP contribution in [0.2, 0.25) is 0 Å². The Morgan fingerprint density at radius 3 is 2.50 bits per heavy atom. The normalized spacial score (nSPS) is 16.9. The number of amides is 1. The van der Waals surface area contributed by atoms with Gasteiger partial charge in [0.2, 0.25) is 0 Å². The van der Waals surface area contributed by atoms with Crippen molar-refractivity contribution in [2.45, 2.75) is 0 Å². The minimum Gasteiger partial charge on any atom is -0.336 e. The van der Waals surface area contributed by atoms with E-state index in [9.17, 15) is 9.18 Å². The van der Waals surface area contributed by atoms with Crippen LogP contribution >= 0.6 is 11.6 Å². The van der Waals surface area contributed by atoms with Gasteiger partial charge in [0.25, 0.3) is 5.91 Å². The van der Waals surface area contributed by atoms with Gasteiger partial charge in [-0.2, -0.15) is 0 Å². The number of hydrogen-bond acceptors (Lipinski definition) is 2. The first kappa shape index (κ1) is 13.3. The number of halogens is 2. The van der Waals surface area contributed by atoms with Crippen molar-refractivity contribution < 1.29 is 9.18 Å². The molecule has 18 heavy (non-hydrogen) atoms. The highest BCUT2D eigenvalue weighted by Crippen LogP contribution is 2.12. The van der Waals surface area contributed by atoms with E-state index in [1.807, 2.05) is 0 Å². The highest BCUT2D eigenvalue weighted by Gasteiger charge is 2.23. The number of piperazine rings is 1. The van der Waals surface area contributed by atoms with Gasteiger partial charge in [-0.05, 0) is 12.1 Å². The molecule has 1 saturated heterocycles. The van der Waals surface area contributed by atoms with Gasteiger partial charge in [-0.15, -0.1) is 11.6 Å². The van der Waals surface area contributed by atoms with E-state index in [4.69, 9.17) is 11.6 Å². The van der Waals surface area contributed by atoms with Crippen LogP contribution in [0.15, 0.2) is 24.3 Å². The third kappa shape index (κ3) is 3.00. The number of carbonyl (C=O) groups excluding carboxylic acids is 1. The van der Waals surface area contributed by atoms with Crippen molar-refractivity contribution in [3.63, 3.8) is 0 Å². The second-order valence-electron chi connectivity index (χ2n) is 4.30. The predicted octanol–water partition coefficient (Wildman–Crippen LogP) is 1.82. The summed E-state index contributed by atoms with van der Waals surface area (Å²) in [5.41, 5.74) is 0.156. The Hall–Kier alpha value is -1.13. The molecule has 0 spiro atoms. The van der Waals surface area contributed by atoms with Gasteiger partial charge in [0.1, 0.15) is 5.82 Å². The molecule has 0 atom stereocenters. The van der Waals surface area contributed by atoms with Gasteiger partial charge in [-0.1, -0.05) is 12.1 Å². The second kappa shape index (κ2) is 6.16. The first-order valence-corrected chi connectivity index (χ1v) is 6.58. The summed E-state index contributed by atoms with van der Waals surface area (Å²) in [5, 5.41) is 0. The van der Waals surface area contributed by atoms with Gasteiger partial charge in [0.15, 0.2) is 0 Å². The first-order chi connectivity index (χ1) is 8.72. The fraction of sp³-hybridized carbons (Fsp3) is 0.462. The molecule has 1 heterocycles. The van der Waals surface area contributed by atoms with Crippen molar-refractivity contribution >= 4 is 17.5 Å². The van der Waals surface area contributed by atoms with Crippen LogP contribution in [-0.4, -0.2) is 54.3 Å². The summed E-state index contributed by atoms with van der Waals surface area (Å²) in [6.45, 7) is 3.69. The van der Waals surface area contributed by atoms with E-state index in [2.05, 4.69) is 4.90 Å². The van der Waals surface area contributed by atoms with Crippen molar-refractivity contribution in [1.82, 2.24) is 9.80 Å². The maximum absolute atomic E-state index is 13.5. The molecule has 0 N–H and O–H groups in total. The van der Waals surface area contributed by atoms with Crippen molar-refractivity contribution in [2.75, 3.05) is 38.6 Å². The number of carbonyl (C=O) groups is 1. The molecular formula is C13H16ClFN2O. The molecule has 1 aliphatic rings. The Labute approximate surface area is 111 Å². The minimum absolute atomic E-state index is 0.156. The van der Waals surface area contributed by atoms with Gasteiger partial charge >= 0.3 is 0 Å². The average molecular weight is 271 g/mol. The fourth-order valence-electron chi connectivity index (χ4n) is 2.10. The molecule has 0 radical (unpaired) electrons. The largest absolute Gasteiger partial charge is 0.336 e. The van der Waals surface area contributed by atoms with Crippen molar-refractivity contribution in [3.8, 4) is 0 Å². The monoisotopic (exact) mass is 270 g/mol. The predicted molar refractivity (Wildman–Crippen MR) is 69.5 cm³/mol. The van der Waals surface area contributed by atoms with Crippen molar-refractivity contribution in [3.05, 3.63) is 35.6 Å². The zero-order valence-electron chi connectivity index (χ0n) is 10.1. The number of alkyl halides is 1. The van der Waals surface area contributed by atoms with Crippen LogP contribution in [0.3, 0.4) is 0 Å². The van der Waals surface area contributed by atoms with Crippen LogP contribution in [0.5, 0.6) is 0 Å². The van der Waals surface area contributed by atoms with E-state index in [1.165, 1.54) is 12.1 Å². The zero-order chi connectivity index (χ0) is 13.0. The van der Waals surface area contributed by atoms with Gasteiger partial charge in [0.05, 0.1) is 5.56 Å². The Morgan fingerprint density at radius 1 is 1.22 bits per heavy atom. The molecule has 3 nitrogen and oxygen atoms in total. The third-order valence-electron chi connectivity index (χ3n) is 3.16. The molecule has 1 aromatic rings. The maximum Gasteiger partial charge on any atom is 0.256 e. The van der Waals surface area contributed by atoms with Gasteiger partial charge < -0.3 is 4.90 Å². The number of nitrogens with zero attached hydrogens (tertiary/aromatic N) is 2. The summed E-state index contributed by atoms with van der Waals surface area (Å²) in [6.07, 6.45) is 0. The topological polar surface area (TPSA) is 23.6 Å². The molecule has 98 valence electrons. The molecule has 1 amide bonds. The van der Waals surface area contributed by atoms with E-state index in [0.717, 1.165) is 19.6 Å². The van der Waals surface area contributed by atoms with Crippen LogP contribution in [0.25, 0.3) is 0 Å². The Morgan fingerprint density at radius 2 is 1.89 bits per heavy atom. The van der Waals surface area contributed by atoms with E-state index >= 15 is 0 Å². The molecule has 0 aromatic heterocycles. The Bertz CT molecular complexity index is 419. The van der Waals surface area contributed by atoms with E-state index in [-0.39, 0.29) is 11.5 Å². The second-order valence-corrected chi connectivity index (χ2v) is 4.68. The highest BCUT2D eigenvalue weighted by atomic mass is 35.5. The van der Waals surface area contributed by atoms with Gasteiger partial charge in [-0.3, -0.25) is 9.69 Å². The number of hydrogen-bond donors (Lipinski definition) is 0. The molecule has 0 bridgehead atoms. The van der Waals surface area contributed by atoms with Crippen LogP contribution in [0.4, 0.5) is 4.39 Å². The molecule has 0 unspecified atom stereocenters. The SMILES string of the molecule is O=C(c1ccccc1F)N1CCN(CCCl)CC1. The third-order valence-corrected chi connectivity index (χ3v) is 3.33. The molecular weight excluding hydrogens is 255 g/mol. The summed E-state index contributed by atoms with van der Waals surface area (Å²) in [6, 6.07) is 6.12. The summed E-state index contributed by atoms with van der Waals surface area (Å²) < 4.78 is 13.5. The lowest BCUT2D eigenvalue weighted by Crippen LogP contribution is -2.49. The van der Waals surface area contributed by atoms with Gasteiger partial charge in [0, 0.05) is 38.6 Å². The van der Waals surface area contributed by atoms with Crippen molar-refractivity contribution in [2.24, 2.45) is 0 Å². The lowest BCUT2D eigenvalue weighted by Gasteiger charge is -2.34. The van der Waals surface area contributed by atoms with Crippen LogP contribution < -0.4 is 0 Å². The standard InChI is InChI=1S/C13H16ClFN2O/c14-5-6-16-7-9-17(10-8-16)13(18)11-3-1-2-4-12(11)15/h1-4H,5-10H2. The van der Waals surface area contributed by atoms with Crippen LogP contribution in [0.1, 0.15) is 10.4 Å². The lowest BCUT2D eigenvalue weighted by atomic mass is 10.1. The van der Waals surface area contributed by atoms with Crippen LogP contribution in [-0.2, 0) is 0 Å². The summed E-state index contributed by atoms with van der Waals surface area (Å²) in [7, 11) is 0. The Balaban J connectivity index is 1.98. The smallest absolute Gasteiger partial charge is 0.256 e. The quantitative estimate of drug-likeness (QED) is 0.783. The Kier molecular flexibility index (Phi) is 4.55. The van der Waals surface area contributed by atoms with Crippen molar-refractivity contribution in [1.29, 1.82) is 0 Å². The van der Waals surface area contributed by atoms with E-state index in [1.54, 1.807) is 17.0 Å². The maximum atomic E-state index is 13.5. The summed E-state index contributed by atoms with van der Waals surface area (Å²) >= 11 is 5.68. The summed E-state index contributed by atoms with van der Waals surface area (Å²) in [4.78, 5) is 16.0. The molecule has 1 aliphatic heterocycles. The summed E-state index contributed by atoms with van der Waals surface area (Å²) in [5.74, 6) is -0.0781. The van der Waals surface area contributed by atoms with Crippen LogP contribution in [0, 0.1) is 5.82 Å². The molecule has 1 aromatic carbocycles. The lowest BCUT2D eigenvalue weighted by molar-refractivity contribution is 0.0640. The first-order valence-electron chi connectivity index (χ1n) is 6.04. The molecule has 2 rings (SSSR count). The number of benzene rings is 1. The molecule has 0 aliphatic carbocycles. The fourth-order valence-corrected chi connectivity index (χ4v) is 2.34. The van der Waals surface area contributed by atoms with Gasteiger partial charge in [-0.25, -0.2) is 4.39 Å². The highest BCUT2D eigenvalue weighted by molar-refractivity contribution is 6.18. The molecule has 5 heteroatoms. The average Bonchev–Trinajstić information content (AvgIpc) is 2.40. The molecule has 1 fully saturated rings. The van der Waals surface area contributed by atoms with E-state index in [0.29, 0.717) is 19.0 Å². The number of rotatable bonds is 3. The zero-order valence-corrected chi connectivity index (χ0v) is 10.9.